The van der Waals surface area contributed by atoms with Crippen LogP contribution < -0.4 is 0 Å². The molecule has 1 aliphatic rings. The highest BCUT2D eigenvalue weighted by Crippen LogP contribution is 2.44. The molecule has 70 valence electrons. The highest BCUT2D eigenvalue weighted by Gasteiger charge is 2.38. The first-order chi connectivity index (χ1) is 6.20. The summed E-state index contributed by atoms with van der Waals surface area (Å²) in [6, 6.07) is 2.07. The number of carboxylic acid groups (broad SMARTS) is 1. The Hall–Kier alpha value is -0.830. The van der Waals surface area contributed by atoms with Crippen LogP contribution in [0.4, 0.5) is 0 Å². The van der Waals surface area contributed by atoms with Crippen molar-refractivity contribution in [1.82, 2.24) is 0 Å². The summed E-state index contributed by atoms with van der Waals surface area (Å²) in [6.45, 7) is 2.07. The fourth-order valence-electron chi connectivity index (χ4n) is 1.95. The molecule has 0 saturated heterocycles. The van der Waals surface area contributed by atoms with Crippen LogP contribution in [-0.2, 0) is 4.79 Å². The van der Waals surface area contributed by atoms with E-state index in [2.05, 4.69) is 13.0 Å². The first-order valence-electron chi connectivity index (χ1n) is 4.47. The monoisotopic (exact) mass is 196 g/mol. The van der Waals surface area contributed by atoms with Crippen molar-refractivity contribution >= 4 is 17.3 Å². The summed E-state index contributed by atoms with van der Waals surface area (Å²) in [5, 5.41) is 10.9. The standard InChI is InChI=1S/C10H12O2S/c1-6-7(4-5-13-6)8-2-3-9(8)10(11)12/h4-5,8-9H,2-3H2,1H3,(H,11,12). The quantitative estimate of drug-likeness (QED) is 0.789. The number of carbonyl (C=O) groups is 1. The van der Waals surface area contributed by atoms with E-state index in [1.165, 1.54) is 10.4 Å². The van der Waals surface area contributed by atoms with Gasteiger partial charge in [0, 0.05) is 4.88 Å². The van der Waals surface area contributed by atoms with Crippen LogP contribution in [0.3, 0.4) is 0 Å². The van der Waals surface area contributed by atoms with E-state index in [1.54, 1.807) is 11.3 Å². The van der Waals surface area contributed by atoms with E-state index in [0.717, 1.165) is 12.8 Å². The van der Waals surface area contributed by atoms with Crippen molar-refractivity contribution in [3.8, 4) is 0 Å². The Bertz CT molecular complexity index is 329. The van der Waals surface area contributed by atoms with Gasteiger partial charge in [-0.25, -0.2) is 0 Å². The molecule has 1 saturated carbocycles. The third-order valence-corrected chi connectivity index (χ3v) is 3.75. The summed E-state index contributed by atoms with van der Waals surface area (Å²) in [4.78, 5) is 12.1. The predicted molar refractivity (Wildman–Crippen MR) is 52.2 cm³/mol. The number of thiophene rings is 1. The largest absolute Gasteiger partial charge is 0.481 e. The van der Waals surface area contributed by atoms with Crippen LogP contribution in [0.15, 0.2) is 11.4 Å². The van der Waals surface area contributed by atoms with Crippen molar-refractivity contribution in [1.29, 1.82) is 0 Å². The van der Waals surface area contributed by atoms with E-state index in [9.17, 15) is 4.79 Å². The van der Waals surface area contributed by atoms with E-state index in [4.69, 9.17) is 5.11 Å². The first-order valence-corrected chi connectivity index (χ1v) is 5.35. The van der Waals surface area contributed by atoms with E-state index in [1.807, 2.05) is 5.38 Å². The molecule has 2 nitrogen and oxygen atoms in total. The van der Waals surface area contributed by atoms with Gasteiger partial charge in [0.1, 0.15) is 0 Å². The van der Waals surface area contributed by atoms with Crippen LogP contribution in [0.1, 0.15) is 29.2 Å². The maximum Gasteiger partial charge on any atom is 0.307 e. The summed E-state index contributed by atoms with van der Waals surface area (Å²) >= 11 is 1.70. The second-order valence-electron chi connectivity index (χ2n) is 3.56. The Kier molecular flexibility index (Phi) is 2.12. The summed E-state index contributed by atoms with van der Waals surface area (Å²) < 4.78 is 0. The zero-order valence-corrected chi connectivity index (χ0v) is 8.30. The van der Waals surface area contributed by atoms with Crippen molar-refractivity contribution in [2.24, 2.45) is 5.92 Å². The van der Waals surface area contributed by atoms with Gasteiger partial charge in [0.15, 0.2) is 0 Å². The molecular weight excluding hydrogens is 184 g/mol. The SMILES string of the molecule is Cc1sccc1C1CCC1C(=O)O. The molecule has 2 unspecified atom stereocenters. The van der Waals surface area contributed by atoms with Gasteiger partial charge >= 0.3 is 5.97 Å². The number of hydrogen-bond donors (Lipinski definition) is 1. The van der Waals surface area contributed by atoms with Gasteiger partial charge in [-0.2, -0.15) is 0 Å². The molecule has 0 aliphatic heterocycles. The van der Waals surface area contributed by atoms with E-state index < -0.39 is 5.97 Å². The smallest absolute Gasteiger partial charge is 0.307 e. The molecular formula is C10H12O2S. The van der Waals surface area contributed by atoms with Crippen LogP contribution in [-0.4, -0.2) is 11.1 Å². The number of rotatable bonds is 2. The number of aryl methyl sites for hydroxylation is 1. The summed E-state index contributed by atoms with van der Waals surface area (Å²) in [6.07, 6.45) is 1.88. The van der Waals surface area contributed by atoms with Gasteiger partial charge in [0.05, 0.1) is 5.92 Å². The Morgan fingerprint density at radius 3 is 2.77 bits per heavy atom. The fourth-order valence-corrected chi connectivity index (χ4v) is 2.72. The van der Waals surface area contributed by atoms with Crippen molar-refractivity contribution in [2.75, 3.05) is 0 Å². The Morgan fingerprint density at radius 1 is 1.62 bits per heavy atom. The molecule has 0 radical (unpaired) electrons. The zero-order chi connectivity index (χ0) is 9.42. The first kappa shape index (κ1) is 8.75. The van der Waals surface area contributed by atoms with Gasteiger partial charge in [-0.05, 0) is 42.7 Å². The molecule has 1 fully saturated rings. The van der Waals surface area contributed by atoms with Crippen LogP contribution >= 0.6 is 11.3 Å². The molecule has 0 aromatic carbocycles. The summed E-state index contributed by atoms with van der Waals surface area (Å²) in [5.41, 5.74) is 1.25. The van der Waals surface area contributed by atoms with Crippen molar-refractivity contribution in [3.05, 3.63) is 21.9 Å². The second kappa shape index (κ2) is 3.14. The van der Waals surface area contributed by atoms with Crippen molar-refractivity contribution in [3.63, 3.8) is 0 Å². The third-order valence-electron chi connectivity index (χ3n) is 2.89. The van der Waals surface area contributed by atoms with Gasteiger partial charge < -0.3 is 5.11 Å². The summed E-state index contributed by atoms with van der Waals surface area (Å²) in [7, 11) is 0. The average molecular weight is 196 g/mol. The van der Waals surface area contributed by atoms with Crippen molar-refractivity contribution < 1.29 is 9.90 Å². The maximum absolute atomic E-state index is 10.8. The summed E-state index contributed by atoms with van der Waals surface area (Å²) in [5.74, 6) is -0.487. The minimum absolute atomic E-state index is 0.131. The average Bonchev–Trinajstić information content (AvgIpc) is 2.33. The van der Waals surface area contributed by atoms with Gasteiger partial charge in [0.2, 0.25) is 0 Å². The molecule has 3 heteroatoms. The van der Waals surface area contributed by atoms with Gasteiger partial charge in [0.25, 0.3) is 0 Å². The van der Waals surface area contributed by atoms with Crippen molar-refractivity contribution in [2.45, 2.75) is 25.7 Å². The van der Waals surface area contributed by atoms with Crippen LogP contribution in [0.5, 0.6) is 0 Å². The molecule has 2 rings (SSSR count). The van der Waals surface area contributed by atoms with Crippen LogP contribution in [0.25, 0.3) is 0 Å². The minimum atomic E-state index is -0.637. The predicted octanol–water partition coefficient (Wildman–Crippen LogP) is 2.63. The highest BCUT2D eigenvalue weighted by atomic mass is 32.1. The van der Waals surface area contributed by atoms with Gasteiger partial charge in [-0.1, -0.05) is 0 Å². The molecule has 1 N–H and O–H groups in total. The minimum Gasteiger partial charge on any atom is -0.481 e. The molecule has 0 amide bonds. The lowest BCUT2D eigenvalue weighted by atomic mass is 9.70. The third kappa shape index (κ3) is 1.37. The molecule has 13 heavy (non-hydrogen) atoms. The Balaban J connectivity index is 2.19. The van der Waals surface area contributed by atoms with Crippen LogP contribution in [0.2, 0.25) is 0 Å². The zero-order valence-electron chi connectivity index (χ0n) is 7.49. The van der Waals surface area contributed by atoms with E-state index in [0.29, 0.717) is 0 Å². The number of hydrogen-bond acceptors (Lipinski definition) is 2. The molecule has 0 spiro atoms. The highest BCUT2D eigenvalue weighted by molar-refractivity contribution is 7.10. The molecule has 1 aromatic rings. The molecule has 2 atom stereocenters. The van der Waals surface area contributed by atoms with E-state index in [-0.39, 0.29) is 11.8 Å². The lowest BCUT2D eigenvalue weighted by molar-refractivity contribution is -0.145. The normalized spacial score (nSPS) is 26.8. The van der Waals surface area contributed by atoms with Gasteiger partial charge in [-0.3, -0.25) is 4.79 Å². The molecule has 1 heterocycles. The fraction of sp³-hybridized carbons (Fsp3) is 0.500. The topological polar surface area (TPSA) is 37.3 Å². The number of aliphatic carboxylic acids is 1. The molecule has 1 aromatic heterocycles. The van der Waals surface area contributed by atoms with E-state index >= 15 is 0 Å². The molecule has 0 bridgehead atoms. The lowest BCUT2D eigenvalue weighted by Crippen LogP contribution is -2.30. The Morgan fingerprint density at radius 2 is 2.38 bits per heavy atom. The van der Waals surface area contributed by atoms with Crippen LogP contribution in [0, 0.1) is 12.8 Å². The molecule has 1 aliphatic carbocycles. The number of carboxylic acids is 1. The lowest BCUT2D eigenvalue weighted by Gasteiger charge is -2.33. The van der Waals surface area contributed by atoms with Gasteiger partial charge in [-0.15, -0.1) is 11.3 Å². The maximum atomic E-state index is 10.8. The second-order valence-corrected chi connectivity index (χ2v) is 4.68. The Labute approximate surface area is 81.2 Å².